The van der Waals surface area contributed by atoms with E-state index in [0.717, 1.165) is 6.42 Å². The largest absolute Gasteiger partial charge is 0.466 e. The maximum atomic E-state index is 12.5. The Kier molecular flexibility index (Phi) is 4.68. The fraction of sp³-hybridized carbons (Fsp3) is 0.688. The topological polar surface area (TPSA) is 63.9 Å². The SMILES string of the molecule is COC(=O)/C=c1\sc2n(c1=O)CN([C@@H]1CCC[C@H](C)[C@H]1C)CN=2. The van der Waals surface area contributed by atoms with Gasteiger partial charge >= 0.3 is 5.97 Å². The molecule has 2 aliphatic rings. The monoisotopic (exact) mass is 337 g/mol. The lowest BCUT2D eigenvalue weighted by Crippen LogP contribution is -2.50. The number of methoxy groups -OCH3 is 1. The molecule has 126 valence electrons. The quantitative estimate of drug-likeness (QED) is 0.739. The predicted molar refractivity (Wildman–Crippen MR) is 88.5 cm³/mol. The molecule has 23 heavy (non-hydrogen) atoms. The summed E-state index contributed by atoms with van der Waals surface area (Å²) in [4.78, 5) is 31.4. The zero-order valence-electron chi connectivity index (χ0n) is 13.8. The van der Waals surface area contributed by atoms with Gasteiger partial charge in [0.2, 0.25) is 0 Å². The van der Waals surface area contributed by atoms with E-state index in [1.54, 1.807) is 4.57 Å². The first-order valence-electron chi connectivity index (χ1n) is 8.09. The third-order valence-electron chi connectivity index (χ3n) is 5.18. The molecule has 0 spiro atoms. The highest BCUT2D eigenvalue weighted by atomic mass is 32.1. The van der Waals surface area contributed by atoms with Gasteiger partial charge in [0.05, 0.1) is 20.4 Å². The van der Waals surface area contributed by atoms with E-state index in [-0.39, 0.29) is 5.56 Å². The van der Waals surface area contributed by atoms with Gasteiger partial charge in [-0.1, -0.05) is 38.0 Å². The number of rotatable bonds is 2. The fourth-order valence-corrected chi connectivity index (χ4v) is 4.50. The Hall–Kier alpha value is -1.47. The van der Waals surface area contributed by atoms with E-state index < -0.39 is 5.97 Å². The zero-order valence-corrected chi connectivity index (χ0v) is 14.6. The fourth-order valence-electron chi connectivity index (χ4n) is 3.57. The molecule has 0 aromatic carbocycles. The normalized spacial score (nSPS) is 29.0. The van der Waals surface area contributed by atoms with E-state index in [1.165, 1.54) is 37.4 Å². The second-order valence-electron chi connectivity index (χ2n) is 6.51. The summed E-state index contributed by atoms with van der Waals surface area (Å²) < 4.78 is 6.67. The smallest absolute Gasteiger partial charge is 0.332 e. The molecule has 0 amide bonds. The summed E-state index contributed by atoms with van der Waals surface area (Å²) in [6.45, 7) is 5.80. The van der Waals surface area contributed by atoms with Gasteiger partial charge in [0, 0.05) is 12.1 Å². The molecule has 0 unspecified atom stereocenters. The number of aromatic nitrogens is 1. The van der Waals surface area contributed by atoms with Crippen LogP contribution in [0.5, 0.6) is 0 Å². The second-order valence-corrected chi connectivity index (χ2v) is 7.52. The first kappa shape index (κ1) is 16.4. The first-order valence-corrected chi connectivity index (χ1v) is 8.90. The Balaban J connectivity index is 1.88. The molecule has 3 atom stereocenters. The van der Waals surface area contributed by atoms with Crippen LogP contribution in [-0.4, -0.2) is 35.3 Å². The van der Waals surface area contributed by atoms with E-state index in [1.807, 2.05) is 0 Å². The molecular formula is C16H23N3O3S. The molecule has 0 saturated heterocycles. The van der Waals surface area contributed by atoms with Crippen LogP contribution in [0.25, 0.3) is 6.08 Å². The van der Waals surface area contributed by atoms with E-state index in [4.69, 9.17) is 0 Å². The number of ether oxygens (including phenoxy) is 1. The molecular weight excluding hydrogens is 314 g/mol. The van der Waals surface area contributed by atoms with Gasteiger partial charge in [-0.25, -0.2) is 9.79 Å². The van der Waals surface area contributed by atoms with Crippen molar-refractivity contribution in [3.05, 3.63) is 19.7 Å². The minimum Gasteiger partial charge on any atom is -0.466 e. The lowest BCUT2D eigenvalue weighted by Gasteiger charge is -2.41. The Bertz CT molecular complexity index is 767. The van der Waals surface area contributed by atoms with E-state index >= 15 is 0 Å². The van der Waals surface area contributed by atoms with Gasteiger partial charge in [0.15, 0.2) is 4.80 Å². The van der Waals surface area contributed by atoms with Gasteiger partial charge in [0.25, 0.3) is 5.56 Å². The Morgan fingerprint density at radius 2 is 2.17 bits per heavy atom. The van der Waals surface area contributed by atoms with Gasteiger partial charge in [-0.15, -0.1) is 0 Å². The number of fused-ring (bicyclic) bond motifs is 1. The molecule has 2 heterocycles. The molecule has 1 saturated carbocycles. The second kappa shape index (κ2) is 6.57. The van der Waals surface area contributed by atoms with Crippen LogP contribution in [0.15, 0.2) is 9.79 Å². The number of carbonyl (C=O) groups excluding carboxylic acids is 1. The Labute approximate surface area is 139 Å². The lowest BCUT2D eigenvalue weighted by atomic mass is 9.77. The standard InChI is InChI=1S/C16H23N3O3S/c1-10-5-4-6-12(11(10)2)18-8-17-16-19(9-18)15(21)13(23-16)7-14(20)22-3/h7,10-12H,4-6,8-9H2,1-3H3/b13-7-/t10-,11+,12+/m0/s1. The maximum absolute atomic E-state index is 12.5. The highest BCUT2D eigenvalue weighted by Gasteiger charge is 2.32. The van der Waals surface area contributed by atoms with Crippen molar-refractivity contribution in [2.24, 2.45) is 16.8 Å². The molecule has 3 rings (SSSR count). The molecule has 0 radical (unpaired) electrons. The molecule has 1 aromatic rings. The van der Waals surface area contributed by atoms with Crippen LogP contribution in [-0.2, 0) is 16.2 Å². The van der Waals surface area contributed by atoms with Crippen molar-refractivity contribution in [2.45, 2.75) is 45.8 Å². The van der Waals surface area contributed by atoms with Crippen molar-refractivity contribution in [1.82, 2.24) is 9.47 Å². The summed E-state index contributed by atoms with van der Waals surface area (Å²) >= 11 is 1.26. The average Bonchev–Trinajstić information content (AvgIpc) is 2.85. The number of nitrogens with zero attached hydrogens (tertiary/aromatic N) is 3. The summed E-state index contributed by atoms with van der Waals surface area (Å²) in [6.07, 6.45) is 4.93. The van der Waals surface area contributed by atoms with Crippen LogP contribution in [0.1, 0.15) is 33.1 Å². The van der Waals surface area contributed by atoms with Gasteiger partial charge in [-0.2, -0.15) is 0 Å². The van der Waals surface area contributed by atoms with E-state index in [9.17, 15) is 9.59 Å². The summed E-state index contributed by atoms with van der Waals surface area (Å²) in [7, 11) is 1.31. The zero-order chi connectivity index (χ0) is 16.6. The summed E-state index contributed by atoms with van der Waals surface area (Å²) in [6, 6.07) is 0.468. The van der Waals surface area contributed by atoms with Crippen molar-refractivity contribution >= 4 is 23.4 Å². The lowest BCUT2D eigenvalue weighted by molar-refractivity contribution is -0.133. The predicted octanol–water partition coefficient (Wildman–Crippen LogP) is 0.538. The van der Waals surface area contributed by atoms with Crippen molar-refractivity contribution in [3.8, 4) is 0 Å². The average molecular weight is 337 g/mol. The highest BCUT2D eigenvalue weighted by molar-refractivity contribution is 7.07. The number of carbonyl (C=O) groups is 1. The molecule has 0 N–H and O–H groups in total. The van der Waals surface area contributed by atoms with Crippen LogP contribution < -0.4 is 14.9 Å². The van der Waals surface area contributed by atoms with Gasteiger partial charge in [0.1, 0.15) is 4.53 Å². The van der Waals surface area contributed by atoms with Gasteiger partial charge in [-0.3, -0.25) is 14.3 Å². The van der Waals surface area contributed by atoms with Crippen LogP contribution in [0.3, 0.4) is 0 Å². The molecule has 1 aromatic heterocycles. The first-order chi connectivity index (χ1) is 11.0. The summed E-state index contributed by atoms with van der Waals surface area (Å²) in [5.41, 5.74) is -0.152. The van der Waals surface area contributed by atoms with Crippen LogP contribution >= 0.6 is 11.3 Å². The van der Waals surface area contributed by atoms with Crippen LogP contribution in [0, 0.1) is 11.8 Å². The van der Waals surface area contributed by atoms with Crippen molar-refractivity contribution in [3.63, 3.8) is 0 Å². The molecule has 6 nitrogen and oxygen atoms in total. The van der Waals surface area contributed by atoms with Crippen LogP contribution in [0.2, 0.25) is 0 Å². The van der Waals surface area contributed by atoms with Crippen molar-refractivity contribution < 1.29 is 9.53 Å². The molecule has 1 aliphatic carbocycles. The number of esters is 1. The number of hydrogen-bond donors (Lipinski definition) is 0. The maximum Gasteiger partial charge on any atom is 0.332 e. The molecule has 0 bridgehead atoms. The Morgan fingerprint density at radius 1 is 1.39 bits per heavy atom. The van der Waals surface area contributed by atoms with E-state index in [0.29, 0.717) is 40.5 Å². The van der Waals surface area contributed by atoms with E-state index in [2.05, 4.69) is 28.5 Å². The van der Waals surface area contributed by atoms with Gasteiger partial charge in [-0.05, 0) is 18.3 Å². The summed E-state index contributed by atoms with van der Waals surface area (Å²) in [5, 5.41) is 0. The number of hydrogen-bond acceptors (Lipinski definition) is 6. The third-order valence-corrected chi connectivity index (χ3v) is 6.23. The van der Waals surface area contributed by atoms with Gasteiger partial charge < -0.3 is 4.74 Å². The summed E-state index contributed by atoms with van der Waals surface area (Å²) in [5.74, 6) is 0.807. The molecule has 1 aliphatic heterocycles. The third kappa shape index (κ3) is 3.12. The Morgan fingerprint density at radius 3 is 2.91 bits per heavy atom. The number of thiazole rings is 1. The van der Waals surface area contributed by atoms with Crippen LogP contribution in [0.4, 0.5) is 0 Å². The van der Waals surface area contributed by atoms with Crippen molar-refractivity contribution in [1.29, 1.82) is 0 Å². The highest BCUT2D eigenvalue weighted by Crippen LogP contribution is 2.33. The van der Waals surface area contributed by atoms with Crippen molar-refractivity contribution in [2.75, 3.05) is 13.8 Å². The minimum atomic E-state index is -0.507. The molecule has 7 heteroatoms. The molecule has 1 fully saturated rings. The minimum absolute atomic E-state index is 0.152.